The van der Waals surface area contributed by atoms with Gasteiger partial charge in [-0.15, -0.1) is 0 Å². The molecule has 19 heavy (non-hydrogen) atoms. The monoisotopic (exact) mass is 300 g/mol. The number of halogens is 1. The maximum atomic E-state index is 12.1. The molecule has 5 heteroatoms. The first kappa shape index (κ1) is 16.3. The molecule has 1 rings (SSSR count). The average molecular weight is 301 g/mol. The second-order valence-electron chi connectivity index (χ2n) is 4.58. The number of aromatic nitrogens is 1. The van der Waals surface area contributed by atoms with Crippen LogP contribution in [0.25, 0.3) is 0 Å². The second-order valence-corrected chi connectivity index (χ2v) is 5.95. The van der Waals surface area contributed by atoms with Gasteiger partial charge in [-0.25, -0.2) is 4.98 Å². The van der Waals surface area contributed by atoms with E-state index < -0.39 is 0 Å². The van der Waals surface area contributed by atoms with Crippen LogP contribution in [-0.2, 0) is 6.42 Å². The predicted molar refractivity (Wildman–Crippen MR) is 83.2 cm³/mol. The normalized spacial score (nSPS) is 12.2. The topological polar surface area (TPSA) is 42.0 Å². The minimum atomic E-state index is -0.0738. The van der Waals surface area contributed by atoms with Crippen LogP contribution in [0.2, 0.25) is 5.15 Å². The Kier molecular flexibility index (Phi) is 7.24. The Balaban J connectivity index is 2.70. The van der Waals surface area contributed by atoms with Crippen LogP contribution in [-0.4, -0.2) is 28.9 Å². The van der Waals surface area contributed by atoms with E-state index in [4.69, 9.17) is 11.6 Å². The van der Waals surface area contributed by atoms with Crippen LogP contribution in [0, 0.1) is 0 Å². The van der Waals surface area contributed by atoms with Gasteiger partial charge in [0.1, 0.15) is 5.15 Å². The van der Waals surface area contributed by atoms with Crippen LogP contribution in [0.1, 0.15) is 42.7 Å². The number of aryl methyl sites for hydroxylation is 1. The maximum absolute atomic E-state index is 12.1. The highest BCUT2D eigenvalue weighted by Gasteiger charge is 2.11. The van der Waals surface area contributed by atoms with Crippen molar-refractivity contribution in [2.24, 2.45) is 0 Å². The van der Waals surface area contributed by atoms with Crippen molar-refractivity contribution in [1.29, 1.82) is 0 Å². The molecule has 106 valence electrons. The van der Waals surface area contributed by atoms with Crippen LogP contribution >= 0.6 is 23.4 Å². The summed E-state index contributed by atoms with van der Waals surface area (Å²) in [6.45, 7) is 4.09. The summed E-state index contributed by atoms with van der Waals surface area (Å²) in [6, 6.07) is 3.62. The maximum Gasteiger partial charge on any atom is 0.251 e. The number of nitrogens with one attached hydrogen (secondary N) is 1. The van der Waals surface area contributed by atoms with Crippen LogP contribution in [0.3, 0.4) is 0 Å². The third kappa shape index (κ3) is 5.83. The summed E-state index contributed by atoms with van der Waals surface area (Å²) in [5, 5.41) is 3.37. The summed E-state index contributed by atoms with van der Waals surface area (Å²) >= 11 is 7.74. The third-order valence-electron chi connectivity index (χ3n) is 2.75. The average Bonchev–Trinajstić information content (AvgIpc) is 2.36. The van der Waals surface area contributed by atoms with Gasteiger partial charge in [0.05, 0.1) is 0 Å². The fourth-order valence-electron chi connectivity index (χ4n) is 1.74. The van der Waals surface area contributed by atoms with Gasteiger partial charge in [0.15, 0.2) is 0 Å². The van der Waals surface area contributed by atoms with E-state index in [1.807, 2.05) is 13.0 Å². The molecule has 0 fully saturated rings. The lowest BCUT2D eigenvalue weighted by Gasteiger charge is -2.13. The molecule has 1 atom stereocenters. The van der Waals surface area contributed by atoms with Crippen molar-refractivity contribution < 1.29 is 4.79 Å². The molecule has 1 aromatic rings. The first-order valence-corrected chi connectivity index (χ1v) is 8.30. The van der Waals surface area contributed by atoms with Gasteiger partial charge < -0.3 is 5.32 Å². The molecule has 1 aromatic heterocycles. The number of hydrogen-bond acceptors (Lipinski definition) is 3. The lowest BCUT2D eigenvalue weighted by atomic mass is 10.1. The van der Waals surface area contributed by atoms with Gasteiger partial charge in [0.25, 0.3) is 5.91 Å². The Labute approximate surface area is 124 Å². The number of nitrogens with zero attached hydrogens (tertiary/aromatic N) is 1. The fourth-order valence-corrected chi connectivity index (χ4v) is 2.56. The Morgan fingerprint density at radius 1 is 1.53 bits per heavy atom. The van der Waals surface area contributed by atoms with Crippen molar-refractivity contribution >= 4 is 29.3 Å². The summed E-state index contributed by atoms with van der Waals surface area (Å²) in [5.41, 5.74) is 1.47. The van der Waals surface area contributed by atoms with E-state index in [-0.39, 0.29) is 11.9 Å². The van der Waals surface area contributed by atoms with Crippen LogP contribution < -0.4 is 5.32 Å². The SMILES string of the molecule is CCCc1cc(C(=O)NC(C)CCSC)cc(Cl)n1. The first-order chi connectivity index (χ1) is 9.06. The zero-order chi connectivity index (χ0) is 14.3. The number of pyridine rings is 1. The molecule has 0 aliphatic heterocycles. The summed E-state index contributed by atoms with van der Waals surface area (Å²) in [5.74, 6) is 0.967. The number of carbonyl (C=O) groups is 1. The van der Waals surface area contributed by atoms with Crippen LogP contribution in [0.5, 0.6) is 0 Å². The lowest BCUT2D eigenvalue weighted by molar-refractivity contribution is 0.0939. The highest BCUT2D eigenvalue weighted by Crippen LogP contribution is 2.13. The van der Waals surface area contributed by atoms with Gasteiger partial charge in [-0.2, -0.15) is 11.8 Å². The molecule has 0 aromatic carbocycles. The van der Waals surface area contributed by atoms with Gasteiger partial charge in [-0.05, 0) is 43.9 Å². The number of amides is 1. The lowest BCUT2D eigenvalue weighted by Crippen LogP contribution is -2.33. The standard InChI is InChI=1S/C14H21ClN2OS/c1-4-5-12-8-11(9-13(15)17-12)14(18)16-10(2)6-7-19-3/h8-10H,4-7H2,1-3H3,(H,16,18). The zero-order valence-electron chi connectivity index (χ0n) is 11.7. The molecule has 0 saturated heterocycles. The van der Waals surface area contributed by atoms with Gasteiger partial charge in [0.2, 0.25) is 0 Å². The molecule has 0 saturated carbocycles. The van der Waals surface area contributed by atoms with Crippen molar-refractivity contribution in [3.05, 3.63) is 28.5 Å². The van der Waals surface area contributed by atoms with Gasteiger partial charge in [0, 0.05) is 17.3 Å². The van der Waals surface area contributed by atoms with Crippen molar-refractivity contribution in [1.82, 2.24) is 10.3 Å². The van der Waals surface area contributed by atoms with Crippen molar-refractivity contribution in [3.63, 3.8) is 0 Å². The Bertz CT molecular complexity index is 426. The quantitative estimate of drug-likeness (QED) is 0.783. The smallest absolute Gasteiger partial charge is 0.251 e. The van der Waals surface area contributed by atoms with E-state index in [1.165, 1.54) is 0 Å². The third-order valence-corrected chi connectivity index (χ3v) is 3.59. The van der Waals surface area contributed by atoms with Crippen molar-refractivity contribution in [2.75, 3.05) is 12.0 Å². The molecule has 0 aliphatic carbocycles. The molecular formula is C14H21ClN2OS. The minimum absolute atomic E-state index is 0.0738. The van der Waals surface area contributed by atoms with Gasteiger partial charge in [-0.3, -0.25) is 4.79 Å². The number of thioether (sulfide) groups is 1. The van der Waals surface area contributed by atoms with Crippen LogP contribution in [0.4, 0.5) is 0 Å². The van der Waals surface area contributed by atoms with Crippen LogP contribution in [0.15, 0.2) is 12.1 Å². The number of rotatable bonds is 7. The Hall–Kier alpha value is -0.740. The summed E-state index contributed by atoms with van der Waals surface area (Å²) in [4.78, 5) is 16.3. The molecule has 0 bridgehead atoms. The van der Waals surface area contributed by atoms with E-state index in [0.29, 0.717) is 10.7 Å². The van der Waals surface area contributed by atoms with E-state index in [9.17, 15) is 4.79 Å². The molecule has 1 heterocycles. The van der Waals surface area contributed by atoms with E-state index in [2.05, 4.69) is 23.5 Å². The molecule has 1 unspecified atom stereocenters. The zero-order valence-corrected chi connectivity index (χ0v) is 13.3. The van der Waals surface area contributed by atoms with Gasteiger partial charge >= 0.3 is 0 Å². The highest BCUT2D eigenvalue weighted by molar-refractivity contribution is 7.98. The largest absolute Gasteiger partial charge is 0.350 e. The Morgan fingerprint density at radius 3 is 2.89 bits per heavy atom. The summed E-state index contributed by atoms with van der Waals surface area (Å²) < 4.78 is 0. The molecule has 3 nitrogen and oxygen atoms in total. The molecule has 0 aliphatic rings. The molecule has 0 spiro atoms. The number of hydrogen-bond donors (Lipinski definition) is 1. The summed E-state index contributed by atoms with van der Waals surface area (Å²) in [7, 11) is 0. The molecule has 0 radical (unpaired) electrons. The highest BCUT2D eigenvalue weighted by atomic mass is 35.5. The number of carbonyl (C=O) groups excluding carboxylic acids is 1. The predicted octanol–water partition coefficient (Wildman–Crippen LogP) is 3.56. The van der Waals surface area contributed by atoms with E-state index >= 15 is 0 Å². The van der Waals surface area contributed by atoms with Crippen molar-refractivity contribution in [3.8, 4) is 0 Å². The second kappa shape index (κ2) is 8.43. The van der Waals surface area contributed by atoms with Gasteiger partial charge in [-0.1, -0.05) is 24.9 Å². The minimum Gasteiger partial charge on any atom is -0.350 e. The summed E-state index contributed by atoms with van der Waals surface area (Å²) in [6.07, 6.45) is 4.85. The first-order valence-electron chi connectivity index (χ1n) is 6.53. The fraction of sp³-hybridized carbons (Fsp3) is 0.571. The molecule has 1 N–H and O–H groups in total. The molecule has 1 amide bonds. The van der Waals surface area contributed by atoms with E-state index in [0.717, 1.165) is 30.7 Å². The van der Waals surface area contributed by atoms with E-state index in [1.54, 1.807) is 17.8 Å². The van der Waals surface area contributed by atoms with Crippen molar-refractivity contribution in [2.45, 2.75) is 39.2 Å². The molecular weight excluding hydrogens is 280 g/mol. The Morgan fingerprint density at radius 2 is 2.26 bits per heavy atom.